The second-order valence-corrected chi connectivity index (χ2v) is 4.76. The van der Waals surface area contributed by atoms with Crippen LogP contribution in [-0.2, 0) is 13.5 Å². The van der Waals surface area contributed by atoms with Crippen molar-refractivity contribution in [3.05, 3.63) is 18.2 Å². The molecule has 1 rings (SSSR count). The topological polar surface area (TPSA) is 47.1 Å². The fraction of sp³-hybridized carbons (Fsp3) is 0.636. The fourth-order valence-electron chi connectivity index (χ4n) is 1.60. The molecule has 0 bridgehead atoms. The normalized spacial score (nSPS) is 11.3. The highest BCUT2D eigenvalue weighted by atomic mass is 32.1. The molecule has 16 heavy (non-hydrogen) atoms. The van der Waals surface area contributed by atoms with Crippen LogP contribution in [0.1, 0.15) is 19.7 Å². The van der Waals surface area contributed by atoms with Gasteiger partial charge in [0.05, 0.1) is 4.99 Å². The van der Waals surface area contributed by atoms with Crippen LogP contribution in [0, 0.1) is 0 Å². The third kappa shape index (κ3) is 3.90. The van der Waals surface area contributed by atoms with Crippen LogP contribution in [0.5, 0.6) is 0 Å². The van der Waals surface area contributed by atoms with Gasteiger partial charge in [-0.25, -0.2) is 4.98 Å². The van der Waals surface area contributed by atoms with Crippen LogP contribution >= 0.6 is 12.2 Å². The van der Waals surface area contributed by atoms with Crippen molar-refractivity contribution in [3.8, 4) is 0 Å². The summed E-state index contributed by atoms with van der Waals surface area (Å²) in [5, 5.41) is 0. The summed E-state index contributed by atoms with van der Waals surface area (Å²) < 4.78 is 2.04. The molecule has 0 saturated carbocycles. The fourth-order valence-corrected chi connectivity index (χ4v) is 1.77. The van der Waals surface area contributed by atoms with Crippen molar-refractivity contribution in [1.29, 1.82) is 0 Å². The van der Waals surface area contributed by atoms with Crippen LogP contribution in [-0.4, -0.2) is 38.6 Å². The lowest BCUT2D eigenvalue weighted by Gasteiger charge is -2.25. The van der Waals surface area contributed by atoms with Gasteiger partial charge in [-0.3, -0.25) is 4.90 Å². The number of rotatable bonds is 6. The van der Waals surface area contributed by atoms with Gasteiger partial charge in [0.25, 0.3) is 0 Å². The SMILES string of the molecule is CC(C)N(CCc1nccn1C)CC(N)=S. The van der Waals surface area contributed by atoms with Gasteiger partial charge in [-0.1, -0.05) is 12.2 Å². The van der Waals surface area contributed by atoms with Gasteiger partial charge >= 0.3 is 0 Å². The number of aromatic nitrogens is 2. The van der Waals surface area contributed by atoms with Crippen molar-refractivity contribution >= 4 is 17.2 Å². The smallest absolute Gasteiger partial charge is 0.109 e. The van der Waals surface area contributed by atoms with E-state index in [9.17, 15) is 0 Å². The molecule has 0 spiro atoms. The standard InChI is InChI=1S/C11H20N4S/c1-9(2)15(8-10(12)16)6-4-11-13-5-7-14(11)3/h5,7,9H,4,6,8H2,1-3H3,(H2,12,16). The molecule has 0 aliphatic heterocycles. The van der Waals surface area contributed by atoms with E-state index in [1.807, 2.05) is 24.0 Å². The maximum Gasteiger partial charge on any atom is 0.109 e. The zero-order valence-electron chi connectivity index (χ0n) is 10.2. The van der Waals surface area contributed by atoms with E-state index in [0.717, 1.165) is 18.8 Å². The van der Waals surface area contributed by atoms with E-state index in [1.165, 1.54) is 0 Å². The molecule has 0 aromatic carbocycles. The maximum absolute atomic E-state index is 5.58. The average molecular weight is 240 g/mol. The van der Waals surface area contributed by atoms with Crippen LogP contribution in [0.4, 0.5) is 0 Å². The average Bonchev–Trinajstić information content (AvgIpc) is 2.57. The first-order valence-corrected chi connectivity index (χ1v) is 5.90. The molecule has 1 heterocycles. The minimum atomic E-state index is 0.446. The molecular weight excluding hydrogens is 220 g/mol. The number of nitrogens with zero attached hydrogens (tertiary/aromatic N) is 3. The first-order valence-electron chi connectivity index (χ1n) is 5.49. The van der Waals surface area contributed by atoms with E-state index in [0.29, 0.717) is 17.6 Å². The van der Waals surface area contributed by atoms with Crippen molar-refractivity contribution in [1.82, 2.24) is 14.5 Å². The molecule has 1 aromatic rings. The zero-order chi connectivity index (χ0) is 12.1. The molecule has 0 aliphatic rings. The van der Waals surface area contributed by atoms with Crippen LogP contribution in [0.25, 0.3) is 0 Å². The summed E-state index contributed by atoms with van der Waals surface area (Å²) in [6, 6.07) is 0.446. The predicted molar refractivity (Wildman–Crippen MR) is 70.4 cm³/mol. The predicted octanol–water partition coefficient (Wildman–Crippen LogP) is 0.959. The molecule has 0 unspecified atom stereocenters. The van der Waals surface area contributed by atoms with Gasteiger partial charge in [-0.2, -0.15) is 0 Å². The molecule has 0 saturated heterocycles. The molecule has 90 valence electrons. The van der Waals surface area contributed by atoms with E-state index in [2.05, 4.69) is 23.7 Å². The molecule has 0 fully saturated rings. The second kappa shape index (κ2) is 5.96. The molecule has 0 aliphatic carbocycles. The lowest BCUT2D eigenvalue weighted by Crippen LogP contribution is -2.39. The Balaban J connectivity index is 2.50. The van der Waals surface area contributed by atoms with Crippen LogP contribution in [0.3, 0.4) is 0 Å². The van der Waals surface area contributed by atoms with Crippen LogP contribution in [0.15, 0.2) is 12.4 Å². The van der Waals surface area contributed by atoms with Crippen LogP contribution in [0.2, 0.25) is 0 Å². The first-order chi connectivity index (χ1) is 7.50. The molecule has 0 radical (unpaired) electrons. The lowest BCUT2D eigenvalue weighted by molar-refractivity contribution is 0.255. The molecule has 0 atom stereocenters. The van der Waals surface area contributed by atoms with Crippen molar-refractivity contribution in [2.45, 2.75) is 26.3 Å². The van der Waals surface area contributed by atoms with Gasteiger partial charge in [-0.15, -0.1) is 0 Å². The number of thiocarbonyl (C=S) groups is 1. The van der Waals surface area contributed by atoms with E-state index >= 15 is 0 Å². The summed E-state index contributed by atoms with van der Waals surface area (Å²) in [5.74, 6) is 1.09. The van der Waals surface area contributed by atoms with E-state index in [-0.39, 0.29) is 0 Å². The highest BCUT2D eigenvalue weighted by Crippen LogP contribution is 2.02. The van der Waals surface area contributed by atoms with Gasteiger partial charge in [0, 0.05) is 45.0 Å². The molecule has 4 nitrogen and oxygen atoms in total. The number of aryl methyl sites for hydroxylation is 1. The number of hydrogen-bond acceptors (Lipinski definition) is 3. The van der Waals surface area contributed by atoms with Crippen LogP contribution < -0.4 is 5.73 Å². The number of hydrogen-bond donors (Lipinski definition) is 1. The largest absolute Gasteiger partial charge is 0.392 e. The Morgan fingerprint density at radius 2 is 2.31 bits per heavy atom. The van der Waals surface area contributed by atoms with Crippen molar-refractivity contribution in [2.75, 3.05) is 13.1 Å². The first kappa shape index (κ1) is 13.1. The Morgan fingerprint density at radius 1 is 1.62 bits per heavy atom. The molecule has 5 heteroatoms. The summed E-state index contributed by atoms with van der Waals surface area (Å²) in [6.45, 7) is 5.91. The Morgan fingerprint density at radius 3 is 2.75 bits per heavy atom. The molecule has 1 aromatic heterocycles. The van der Waals surface area contributed by atoms with Gasteiger partial charge in [0.15, 0.2) is 0 Å². The third-order valence-electron chi connectivity index (χ3n) is 2.63. The van der Waals surface area contributed by atoms with Crippen molar-refractivity contribution in [2.24, 2.45) is 12.8 Å². The lowest BCUT2D eigenvalue weighted by atomic mass is 10.2. The molecule has 0 amide bonds. The summed E-state index contributed by atoms with van der Waals surface area (Å²) in [6.07, 6.45) is 4.70. The van der Waals surface area contributed by atoms with E-state index in [4.69, 9.17) is 18.0 Å². The summed E-state index contributed by atoms with van der Waals surface area (Å²) in [7, 11) is 2.01. The summed E-state index contributed by atoms with van der Waals surface area (Å²) >= 11 is 4.95. The Hall–Kier alpha value is -0.940. The summed E-state index contributed by atoms with van der Waals surface area (Å²) in [5.41, 5.74) is 5.58. The third-order valence-corrected chi connectivity index (χ3v) is 2.76. The van der Waals surface area contributed by atoms with Crippen molar-refractivity contribution in [3.63, 3.8) is 0 Å². The number of imidazole rings is 1. The van der Waals surface area contributed by atoms with Gasteiger partial charge in [0.2, 0.25) is 0 Å². The van der Waals surface area contributed by atoms with E-state index in [1.54, 1.807) is 0 Å². The Kier molecular flexibility index (Phi) is 4.89. The minimum Gasteiger partial charge on any atom is -0.392 e. The monoisotopic (exact) mass is 240 g/mol. The maximum atomic E-state index is 5.58. The van der Waals surface area contributed by atoms with Gasteiger partial charge in [-0.05, 0) is 13.8 Å². The second-order valence-electron chi connectivity index (χ2n) is 4.23. The molecular formula is C11H20N4S. The zero-order valence-corrected chi connectivity index (χ0v) is 11.0. The number of nitrogens with two attached hydrogens (primary N) is 1. The minimum absolute atomic E-state index is 0.446. The summed E-state index contributed by atoms with van der Waals surface area (Å²) in [4.78, 5) is 7.11. The highest BCUT2D eigenvalue weighted by molar-refractivity contribution is 7.80. The quantitative estimate of drug-likeness (QED) is 0.752. The highest BCUT2D eigenvalue weighted by Gasteiger charge is 2.11. The van der Waals surface area contributed by atoms with Gasteiger partial charge in [0.1, 0.15) is 5.82 Å². The Bertz CT molecular complexity index is 346. The Labute approximate surface area is 102 Å². The molecule has 2 N–H and O–H groups in total. The van der Waals surface area contributed by atoms with Gasteiger partial charge < -0.3 is 10.3 Å². The van der Waals surface area contributed by atoms with E-state index < -0.39 is 0 Å². The van der Waals surface area contributed by atoms with Crippen molar-refractivity contribution < 1.29 is 0 Å².